The lowest BCUT2D eigenvalue weighted by Crippen LogP contribution is -2.49. The Morgan fingerprint density at radius 3 is 2.70 bits per heavy atom. The summed E-state index contributed by atoms with van der Waals surface area (Å²) < 4.78 is 1.89. The molecule has 7 heteroatoms. The van der Waals surface area contributed by atoms with Crippen molar-refractivity contribution in [1.82, 2.24) is 19.7 Å². The highest BCUT2D eigenvalue weighted by Gasteiger charge is 2.16. The summed E-state index contributed by atoms with van der Waals surface area (Å²) >= 11 is 0. The summed E-state index contributed by atoms with van der Waals surface area (Å²) in [5.41, 5.74) is 4.26. The van der Waals surface area contributed by atoms with E-state index in [4.69, 9.17) is 0 Å². The molecule has 0 aliphatic carbocycles. The smallest absolute Gasteiger partial charge is 0.256 e. The first-order valence-electron chi connectivity index (χ1n) is 9.22. The van der Waals surface area contributed by atoms with Gasteiger partial charge in [-0.25, -0.2) is 4.98 Å². The molecule has 1 aliphatic heterocycles. The highest BCUT2D eigenvalue weighted by atomic mass is 16.1. The number of anilines is 2. The van der Waals surface area contributed by atoms with E-state index in [1.54, 1.807) is 0 Å². The maximum Gasteiger partial charge on any atom is 0.256 e. The van der Waals surface area contributed by atoms with Crippen LogP contribution in [0, 0.1) is 13.8 Å². The fraction of sp³-hybridized carbons (Fsp3) is 0.350. The fourth-order valence-corrected chi connectivity index (χ4v) is 3.54. The molecular weight excluding hydrogens is 340 g/mol. The largest absolute Gasteiger partial charge is 0.369 e. The summed E-state index contributed by atoms with van der Waals surface area (Å²) in [6.07, 6.45) is 3.71. The second-order valence-corrected chi connectivity index (χ2v) is 7.13. The second-order valence-electron chi connectivity index (χ2n) is 7.13. The highest BCUT2D eigenvalue weighted by Crippen LogP contribution is 2.18. The molecule has 1 aromatic carbocycles. The van der Waals surface area contributed by atoms with Gasteiger partial charge in [-0.05, 0) is 45.0 Å². The molecule has 0 spiro atoms. The number of aryl methyl sites for hydroxylation is 2. The van der Waals surface area contributed by atoms with E-state index >= 15 is 0 Å². The van der Waals surface area contributed by atoms with Gasteiger partial charge >= 0.3 is 0 Å². The number of benzene rings is 1. The van der Waals surface area contributed by atoms with Gasteiger partial charge in [-0.15, -0.1) is 0 Å². The molecule has 7 nitrogen and oxygen atoms in total. The van der Waals surface area contributed by atoms with Crippen molar-refractivity contribution in [2.75, 3.05) is 29.9 Å². The van der Waals surface area contributed by atoms with E-state index in [-0.39, 0.29) is 5.91 Å². The molecular formula is C20H24N6O. The van der Waals surface area contributed by atoms with Gasteiger partial charge in [0.05, 0.1) is 17.6 Å². The van der Waals surface area contributed by atoms with E-state index in [0.29, 0.717) is 17.4 Å². The highest BCUT2D eigenvalue weighted by molar-refractivity contribution is 6.04. The van der Waals surface area contributed by atoms with Crippen LogP contribution in [0.3, 0.4) is 0 Å². The normalized spacial score (nSPS) is 17.3. The van der Waals surface area contributed by atoms with Gasteiger partial charge < -0.3 is 19.9 Å². The van der Waals surface area contributed by atoms with Crippen LogP contribution in [0.2, 0.25) is 0 Å². The number of hydrogen-bond acceptors (Lipinski definition) is 5. The number of carbonyl (C=O) groups excluding carboxylic acids is 1. The molecule has 3 aromatic rings. The van der Waals surface area contributed by atoms with E-state index in [0.717, 1.165) is 42.4 Å². The number of hydrogen-bond donors (Lipinski definition) is 2. The van der Waals surface area contributed by atoms with Gasteiger partial charge in [0, 0.05) is 43.1 Å². The van der Waals surface area contributed by atoms with Crippen molar-refractivity contribution in [3.05, 3.63) is 53.6 Å². The van der Waals surface area contributed by atoms with Crippen molar-refractivity contribution in [3.63, 3.8) is 0 Å². The Bertz CT molecular complexity index is 978. The molecule has 0 saturated carbocycles. The maximum atomic E-state index is 12.6. The third kappa shape index (κ3) is 3.64. The number of imidazole rings is 1. The molecule has 3 heterocycles. The molecule has 2 aromatic heterocycles. The number of piperazine rings is 1. The van der Waals surface area contributed by atoms with Crippen LogP contribution in [0.15, 0.2) is 36.7 Å². The Morgan fingerprint density at radius 2 is 1.96 bits per heavy atom. The summed E-state index contributed by atoms with van der Waals surface area (Å²) in [6, 6.07) is 8.22. The molecule has 0 bridgehead atoms. The predicted octanol–water partition coefficient (Wildman–Crippen LogP) is 2.40. The third-order valence-corrected chi connectivity index (χ3v) is 4.83. The predicted molar refractivity (Wildman–Crippen MR) is 107 cm³/mol. The number of carbonyl (C=O) groups is 1. The number of amides is 1. The minimum atomic E-state index is -0.166. The number of nitrogens with one attached hydrogen (secondary N) is 2. The van der Waals surface area contributed by atoms with Crippen LogP contribution in [0.1, 0.15) is 28.7 Å². The molecule has 0 radical (unpaired) electrons. The van der Waals surface area contributed by atoms with Gasteiger partial charge in [-0.2, -0.15) is 0 Å². The van der Waals surface area contributed by atoms with Gasteiger partial charge in [0.15, 0.2) is 11.5 Å². The van der Waals surface area contributed by atoms with Gasteiger partial charge in [0.1, 0.15) is 0 Å². The third-order valence-electron chi connectivity index (χ3n) is 4.83. The Labute approximate surface area is 158 Å². The van der Waals surface area contributed by atoms with E-state index in [9.17, 15) is 4.79 Å². The monoisotopic (exact) mass is 364 g/mol. The molecule has 2 N–H and O–H groups in total. The van der Waals surface area contributed by atoms with E-state index in [1.807, 2.05) is 54.9 Å². The van der Waals surface area contributed by atoms with Gasteiger partial charge in [0.25, 0.3) is 5.91 Å². The fourth-order valence-electron chi connectivity index (χ4n) is 3.54. The lowest BCUT2D eigenvalue weighted by atomic mass is 10.1. The van der Waals surface area contributed by atoms with Crippen molar-refractivity contribution in [2.45, 2.75) is 26.8 Å². The zero-order valence-electron chi connectivity index (χ0n) is 15.9. The van der Waals surface area contributed by atoms with Crippen molar-refractivity contribution < 1.29 is 4.79 Å². The van der Waals surface area contributed by atoms with Gasteiger partial charge in [-0.3, -0.25) is 9.78 Å². The summed E-state index contributed by atoms with van der Waals surface area (Å²) in [5, 5.41) is 6.32. The quantitative estimate of drug-likeness (QED) is 0.746. The zero-order valence-corrected chi connectivity index (χ0v) is 15.9. The zero-order chi connectivity index (χ0) is 19.0. The Hall–Kier alpha value is -2.93. The van der Waals surface area contributed by atoms with Crippen molar-refractivity contribution in [2.24, 2.45) is 0 Å². The van der Waals surface area contributed by atoms with Crippen LogP contribution in [-0.2, 0) is 0 Å². The first kappa shape index (κ1) is 17.5. The summed E-state index contributed by atoms with van der Waals surface area (Å²) in [4.78, 5) is 23.8. The molecule has 140 valence electrons. The van der Waals surface area contributed by atoms with Crippen LogP contribution in [0.5, 0.6) is 0 Å². The lowest BCUT2D eigenvalue weighted by Gasteiger charge is -2.33. The number of fused-ring (bicyclic) bond motifs is 1. The summed E-state index contributed by atoms with van der Waals surface area (Å²) in [7, 11) is 0. The molecule has 27 heavy (non-hydrogen) atoms. The lowest BCUT2D eigenvalue weighted by molar-refractivity contribution is 0.102. The first-order chi connectivity index (χ1) is 13.0. The van der Waals surface area contributed by atoms with Crippen LogP contribution < -0.4 is 15.5 Å². The topological polar surface area (TPSA) is 74.6 Å². The van der Waals surface area contributed by atoms with Crippen LogP contribution in [-0.4, -0.2) is 46.0 Å². The summed E-state index contributed by atoms with van der Waals surface area (Å²) in [5.74, 6) is 0.358. The van der Waals surface area contributed by atoms with Gasteiger partial charge in [-0.1, -0.05) is 0 Å². The van der Waals surface area contributed by atoms with Crippen LogP contribution in [0.25, 0.3) is 5.65 Å². The number of aromatic nitrogens is 3. The number of nitrogens with zero attached hydrogens (tertiary/aromatic N) is 4. The maximum absolute atomic E-state index is 12.6. The Kier molecular flexibility index (Phi) is 4.53. The second kappa shape index (κ2) is 7.00. The molecule has 1 saturated heterocycles. The SMILES string of the molecule is Cc1cn2cc(NC(=O)c3ccc(N4CCN[C@@H](C)C4)cc3)nc2c(C)n1. The van der Waals surface area contributed by atoms with Crippen LogP contribution >= 0.6 is 0 Å². The average molecular weight is 364 g/mol. The van der Waals surface area contributed by atoms with E-state index in [1.165, 1.54) is 0 Å². The van der Waals surface area contributed by atoms with E-state index in [2.05, 4.69) is 32.4 Å². The minimum Gasteiger partial charge on any atom is -0.369 e. The molecule has 1 fully saturated rings. The minimum absolute atomic E-state index is 0.166. The van der Waals surface area contributed by atoms with Crippen LogP contribution in [0.4, 0.5) is 11.5 Å². The Morgan fingerprint density at radius 1 is 1.19 bits per heavy atom. The van der Waals surface area contributed by atoms with Gasteiger partial charge in [0.2, 0.25) is 0 Å². The Balaban J connectivity index is 1.49. The van der Waals surface area contributed by atoms with Crippen molar-refractivity contribution in [3.8, 4) is 0 Å². The first-order valence-corrected chi connectivity index (χ1v) is 9.22. The molecule has 1 amide bonds. The molecule has 4 rings (SSSR count). The van der Waals surface area contributed by atoms with Crippen molar-refractivity contribution >= 4 is 23.1 Å². The summed E-state index contributed by atoms with van der Waals surface area (Å²) in [6.45, 7) is 8.96. The average Bonchev–Trinajstić information content (AvgIpc) is 3.04. The standard InChI is InChI=1S/C20H24N6O/c1-13-10-25(9-8-21-13)17-6-4-16(5-7-17)20(27)24-18-12-26-11-14(2)22-15(3)19(26)23-18/h4-7,11-13,21H,8-10H2,1-3H3,(H,24,27)/t13-/m0/s1. The molecule has 1 aliphatic rings. The van der Waals surface area contributed by atoms with Crippen molar-refractivity contribution in [1.29, 1.82) is 0 Å². The number of rotatable bonds is 3. The van der Waals surface area contributed by atoms with E-state index < -0.39 is 0 Å². The molecule has 1 atom stereocenters. The molecule has 0 unspecified atom stereocenters.